The number of rotatable bonds is 5. The Bertz CT molecular complexity index is 1080. The molecule has 2 N–H and O–H groups in total. The number of aryl methyl sites for hydroxylation is 1. The Labute approximate surface area is 175 Å². The Morgan fingerprint density at radius 2 is 2.10 bits per heavy atom. The number of hydrogen-bond acceptors (Lipinski definition) is 5. The van der Waals surface area contributed by atoms with Gasteiger partial charge in [0.2, 0.25) is 5.82 Å². The summed E-state index contributed by atoms with van der Waals surface area (Å²) < 4.78 is 7.68. The van der Waals surface area contributed by atoms with Crippen LogP contribution in [0.5, 0.6) is 0 Å². The molecule has 158 valence electrons. The van der Waals surface area contributed by atoms with E-state index >= 15 is 0 Å². The fourth-order valence-electron chi connectivity index (χ4n) is 4.92. The Morgan fingerprint density at radius 3 is 2.90 bits per heavy atom. The maximum Gasteiger partial charge on any atom is 0.258 e. The molecule has 2 atom stereocenters. The van der Waals surface area contributed by atoms with Gasteiger partial charge in [0.05, 0.1) is 31.3 Å². The van der Waals surface area contributed by atoms with E-state index in [1.807, 2.05) is 22.9 Å². The third-order valence-electron chi connectivity index (χ3n) is 6.46. The lowest BCUT2D eigenvalue weighted by Gasteiger charge is -2.30. The predicted molar refractivity (Wildman–Crippen MR) is 112 cm³/mol. The number of tetrazole rings is 1. The smallest absolute Gasteiger partial charge is 0.258 e. The van der Waals surface area contributed by atoms with Gasteiger partial charge >= 0.3 is 0 Å². The molecule has 5 rings (SSSR count). The van der Waals surface area contributed by atoms with E-state index in [1.165, 1.54) is 16.9 Å². The molecule has 0 spiro atoms. The molecule has 0 radical (unpaired) electrons. The number of benzene rings is 1. The maximum atomic E-state index is 13.2. The van der Waals surface area contributed by atoms with Crippen molar-refractivity contribution >= 4 is 10.9 Å². The highest BCUT2D eigenvalue weighted by atomic mass is 16.5. The number of hydrogen-bond donors (Lipinski definition) is 2. The van der Waals surface area contributed by atoms with Crippen LogP contribution >= 0.6 is 0 Å². The highest BCUT2D eigenvalue weighted by molar-refractivity contribution is 5.79. The van der Waals surface area contributed by atoms with Crippen LogP contribution in [0.3, 0.4) is 0 Å². The number of aromatic nitrogens is 5. The predicted octanol–water partition coefficient (Wildman–Crippen LogP) is 1.16. The van der Waals surface area contributed by atoms with Gasteiger partial charge in [-0.3, -0.25) is 4.79 Å². The van der Waals surface area contributed by atoms with Crippen molar-refractivity contribution in [2.75, 3.05) is 19.7 Å². The molecule has 2 fully saturated rings. The van der Waals surface area contributed by atoms with Gasteiger partial charge in [-0.25, -0.2) is 4.68 Å². The van der Waals surface area contributed by atoms with Gasteiger partial charge in [0.15, 0.2) is 6.04 Å². The minimum atomic E-state index is -0.185. The van der Waals surface area contributed by atoms with E-state index in [9.17, 15) is 4.79 Å². The van der Waals surface area contributed by atoms with Crippen LogP contribution in [-0.4, -0.2) is 51.0 Å². The molecule has 8 nitrogen and oxygen atoms in total. The lowest BCUT2D eigenvalue weighted by molar-refractivity contribution is -0.931. The lowest BCUT2D eigenvalue weighted by Crippen LogP contribution is -3.13. The molecule has 2 saturated heterocycles. The van der Waals surface area contributed by atoms with Crippen LogP contribution in [0.2, 0.25) is 0 Å². The van der Waals surface area contributed by atoms with Gasteiger partial charge in [-0.15, -0.1) is 5.10 Å². The summed E-state index contributed by atoms with van der Waals surface area (Å²) in [6.07, 6.45) is 5.79. The van der Waals surface area contributed by atoms with Crippen LogP contribution in [-0.2, 0) is 11.3 Å². The second-order valence-electron chi connectivity index (χ2n) is 8.65. The van der Waals surface area contributed by atoms with E-state index in [-0.39, 0.29) is 17.7 Å². The highest BCUT2D eigenvalue weighted by Crippen LogP contribution is 2.21. The van der Waals surface area contributed by atoms with Crippen molar-refractivity contribution < 1.29 is 9.64 Å². The number of pyridine rings is 1. The second-order valence-corrected chi connectivity index (χ2v) is 8.65. The summed E-state index contributed by atoms with van der Waals surface area (Å²) in [4.78, 5) is 17.6. The summed E-state index contributed by atoms with van der Waals surface area (Å²) >= 11 is 0. The molecule has 4 heterocycles. The molecule has 0 unspecified atom stereocenters. The summed E-state index contributed by atoms with van der Waals surface area (Å²) in [5, 5.41) is 13.7. The van der Waals surface area contributed by atoms with Gasteiger partial charge in [-0.2, -0.15) is 0 Å². The molecular formula is C22H29N6O2+. The van der Waals surface area contributed by atoms with Crippen LogP contribution in [0.1, 0.15) is 55.1 Å². The summed E-state index contributed by atoms with van der Waals surface area (Å²) in [6, 6.07) is 7.97. The first kappa shape index (κ1) is 19.4. The van der Waals surface area contributed by atoms with Gasteiger partial charge in [-0.1, -0.05) is 11.6 Å². The van der Waals surface area contributed by atoms with Crippen molar-refractivity contribution in [2.45, 2.75) is 57.7 Å². The molecular weight excluding hydrogens is 380 g/mol. The average molecular weight is 410 g/mol. The monoisotopic (exact) mass is 409 g/mol. The molecule has 1 aromatic carbocycles. The van der Waals surface area contributed by atoms with E-state index in [4.69, 9.17) is 4.74 Å². The normalized spacial score (nSPS) is 21.3. The summed E-state index contributed by atoms with van der Waals surface area (Å²) in [5.41, 5.74) is 2.72. The molecule has 2 aromatic heterocycles. The summed E-state index contributed by atoms with van der Waals surface area (Å²) in [7, 11) is 0. The summed E-state index contributed by atoms with van der Waals surface area (Å²) in [6.45, 7) is 5.54. The van der Waals surface area contributed by atoms with Crippen molar-refractivity contribution in [1.29, 1.82) is 0 Å². The largest absolute Gasteiger partial charge is 0.376 e. The third-order valence-corrected chi connectivity index (χ3v) is 6.46. The minimum Gasteiger partial charge on any atom is -0.376 e. The standard InChI is InChI=1S/C22H28N6O2/c1-15-7-8-19-16(12-15)13-18(22(29)23-19)20(27-9-3-2-4-10-27)21-24-25-26-28(21)14-17-6-5-11-30-17/h7-8,12-13,17,20H,2-6,9-11,14H2,1H3,(H,23,29)/p+1/t17-,20-/m1/s1. The Morgan fingerprint density at radius 1 is 1.23 bits per heavy atom. The van der Waals surface area contributed by atoms with E-state index in [2.05, 4.69) is 33.5 Å². The average Bonchev–Trinajstić information content (AvgIpc) is 3.43. The number of quaternary nitrogens is 1. The first-order valence-electron chi connectivity index (χ1n) is 11.0. The molecule has 2 aliphatic rings. The van der Waals surface area contributed by atoms with Crippen molar-refractivity contribution in [3.63, 3.8) is 0 Å². The molecule has 0 aliphatic carbocycles. The van der Waals surface area contributed by atoms with Gasteiger partial charge in [-0.05, 0) is 73.0 Å². The second kappa shape index (κ2) is 8.28. The molecule has 0 amide bonds. The van der Waals surface area contributed by atoms with Gasteiger partial charge in [0, 0.05) is 12.1 Å². The van der Waals surface area contributed by atoms with Crippen LogP contribution in [0, 0.1) is 6.92 Å². The first-order chi connectivity index (χ1) is 14.7. The van der Waals surface area contributed by atoms with Gasteiger partial charge < -0.3 is 14.6 Å². The number of likely N-dealkylation sites (tertiary alicyclic amines) is 1. The van der Waals surface area contributed by atoms with Crippen molar-refractivity contribution in [3.05, 3.63) is 51.6 Å². The van der Waals surface area contributed by atoms with E-state index < -0.39 is 0 Å². The van der Waals surface area contributed by atoms with Crippen molar-refractivity contribution in [3.8, 4) is 0 Å². The van der Waals surface area contributed by atoms with Crippen molar-refractivity contribution in [1.82, 2.24) is 25.2 Å². The summed E-state index contributed by atoms with van der Waals surface area (Å²) in [5.74, 6) is 0.764. The number of ether oxygens (including phenoxy) is 1. The molecule has 0 bridgehead atoms. The Balaban J connectivity index is 1.60. The third kappa shape index (κ3) is 3.77. The van der Waals surface area contributed by atoms with Gasteiger partial charge in [0.1, 0.15) is 0 Å². The van der Waals surface area contributed by atoms with E-state index in [1.54, 1.807) is 0 Å². The number of aromatic amines is 1. The topological polar surface area (TPSA) is 90.1 Å². The Hall–Kier alpha value is -2.58. The minimum absolute atomic E-state index is 0.0545. The molecule has 0 saturated carbocycles. The first-order valence-corrected chi connectivity index (χ1v) is 11.0. The highest BCUT2D eigenvalue weighted by Gasteiger charge is 2.35. The van der Waals surface area contributed by atoms with E-state index in [0.29, 0.717) is 6.54 Å². The molecule has 3 aromatic rings. The number of fused-ring (bicyclic) bond motifs is 1. The zero-order valence-corrected chi connectivity index (χ0v) is 17.4. The fourth-order valence-corrected chi connectivity index (χ4v) is 4.92. The number of nitrogens with zero attached hydrogens (tertiary/aromatic N) is 4. The zero-order chi connectivity index (χ0) is 20.5. The van der Waals surface area contributed by atoms with Crippen molar-refractivity contribution in [2.24, 2.45) is 0 Å². The fraction of sp³-hybridized carbons (Fsp3) is 0.545. The van der Waals surface area contributed by atoms with Crippen LogP contribution < -0.4 is 10.5 Å². The van der Waals surface area contributed by atoms with Crippen LogP contribution in [0.15, 0.2) is 29.1 Å². The van der Waals surface area contributed by atoms with Gasteiger partial charge in [0.25, 0.3) is 5.56 Å². The lowest BCUT2D eigenvalue weighted by atomic mass is 10.00. The number of nitrogens with one attached hydrogen (secondary N) is 2. The molecule has 8 heteroatoms. The van der Waals surface area contributed by atoms with Crippen LogP contribution in [0.25, 0.3) is 10.9 Å². The number of piperidine rings is 1. The zero-order valence-electron chi connectivity index (χ0n) is 17.4. The SMILES string of the molecule is Cc1ccc2[nH]c(=O)c([C@H](c3nnnn3C[C@H]3CCCO3)[NH+]3CCCCC3)cc2c1. The quantitative estimate of drug-likeness (QED) is 0.660. The molecule has 2 aliphatic heterocycles. The molecule has 30 heavy (non-hydrogen) atoms. The maximum absolute atomic E-state index is 13.2. The van der Waals surface area contributed by atoms with E-state index in [0.717, 1.165) is 67.7 Å². The Kier molecular flexibility index (Phi) is 5.35. The van der Waals surface area contributed by atoms with Crippen LogP contribution in [0.4, 0.5) is 0 Å². The number of H-pyrrole nitrogens is 1.